The lowest BCUT2D eigenvalue weighted by atomic mass is 10.2. The zero-order chi connectivity index (χ0) is 23.0. The normalized spacial score (nSPS) is 14.8. The monoisotopic (exact) mass is 495 g/mol. The molecule has 1 atom stereocenters. The van der Waals surface area contributed by atoms with Gasteiger partial charge in [0, 0.05) is 16.8 Å². The Labute approximate surface area is 194 Å². The Morgan fingerprint density at radius 1 is 1.22 bits per heavy atom. The van der Waals surface area contributed by atoms with Crippen molar-refractivity contribution in [2.45, 2.75) is 36.0 Å². The fraction of sp³-hybridized carbons (Fsp3) is 0.300. The van der Waals surface area contributed by atoms with E-state index in [0.717, 1.165) is 0 Å². The first-order chi connectivity index (χ1) is 15.2. The number of rotatable bonds is 7. The number of halogens is 2. The fourth-order valence-electron chi connectivity index (χ4n) is 3.11. The molecule has 0 spiro atoms. The molecule has 1 aliphatic rings. The number of pyridine rings is 1. The van der Waals surface area contributed by atoms with E-state index in [1.165, 1.54) is 36.2 Å². The number of nitrogens with zero attached hydrogens (tertiary/aromatic N) is 4. The predicted molar refractivity (Wildman–Crippen MR) is 118 cm³/mol. The second kappa shape index (κ2) is 8.68. The van der Waals surface area contributed by atoms with Crippen LogP contribution in [0.25, 0.3) is 5.82 Å². The van der Waals surface area contributed by atoms with Crippen molar-refractivity contribution >= 4 is 38.9 Å². The first-order valence-electron chi connectivity index (χ1n) is 9.67. The average Bonchev–Trinajstić information content (AvgIpc) is 3.53. The second-order valence-corrected chi connectivity index (χ2v) is 10.4. The molecule has 32 heavy (non-hydrogen) atoms. The summed E-state index contributed by atoms with van der Waals surface area (Å²) in [6, 6.07) is 6.90. The van der Waals surface area contributed by atoms with E-state index in [9.17, 15) is 13.2 Å². The van der Waals surface area contributed by atoms with Gasteiger partial charge in [-0.1, -0.05) is 23.2 Å². The summed E-state index contributed by atoms with van der Waals surface area (Å²) in [5.41, 5.74) is 0.131. The van der Waals surface area contributed by atoms with Gasteiger partial charge in [-0.2, -0.15) is 9.67 Å². The van der Waals surface area contributed by atoms with Crippen LogP contribution < -0.4 is 10.1 Å². The van der Waals surface area contributed by atoms with Gasteiger partial charge in [0.25, 0.3) is 5.91 Å². The molecular formula is C20H19Cl2N5O4S. The third-order valence-electron chi connectivity index (χ3n) is 4.88. The number of methoxy groups -OCH3 is 1. The zero-order valence-corrected chi connectivity index (χ0v) is 19.4. The Bertz CT molecular complexity index is 1270. The average molecular weight is 496 g/mol. The predicted octanol–water partition coefficient (Wildman–Crippen LogP) is 3.40. The zero-order valence-electron chi connectivity index (χ0n) is 17.1. The summed E-state index contributed by atoms with van der Waals surface area (Å²) in [5.74, 6) is 0.282. The van der Waals surface area contributed by atoms with E-state index in [2.05, 4.69) is 20.4 Å². The van der Waals surface area contributed by atoms with Gasteiger partial charge in [0.2, 0.25) is 0 Å². The minimum atomic E-state index is -3.50. The van der Waals surface area contributed by atoms with Crippen LogP contribution in [0.5, 0.6) is 6.01 Å². The van der Waals surface area contributed by atoms with Crippen molar-refractivity contribution in [2.24, 2.45) is 0 Å². The number of ether oxygens (including phenoxy) is 1. The van der Waals surface area contributed by atoms with Crippen LogP contribution in [-0.4, -0.2) is 46.4 Å². The summed E-state index contributed by atoms with van der Waals surface area (Å²) in [4.78, 5) is 21.5. The Balaban J connectivity index is 1.62. The van der Waals surface area contributed by atoms with Gasteiger partial charge in [-0.25, -0.2) is 13.4 Å². The van der Waals surface area contributed by atoms with Crippen LogP contribution in [0.4, 0.5) is 0 Å². The summed E-state index contributed by atoms with van der Waals surface area (Å²) in [6.45, 7) is 1.71. The van der Waals surface area contributed by atoms with Crippen LogP contribution in [0.3, 0.4) is 0 Å². The van der Waals surface area contributed by atoms with Gasteiger partial charge in [0.15, 0.2) is 21.5 Å². The fourth-order valence-corrected chi connectivity index (χ4v) is 5.24. The first-order valence-corrected chi connectivity index (χ1v) is 12.0. The number of amides is 1. The summed E-state index contributed by atoms with van der Waals surface area (Å²) < 4.78 is 31.7. The smallest absolute Gasteiger partial charge is 0.335 e. The minimum absolute atomic E-state index is 0.0421. The Hall–Kier alpha value is -2.69. The molecular weight excluding hydrogens is 477 g/mol. The maximum Gasteiger partial charge on any atom is 0.335 e. The van der Waals surface area contributed by atoms with Crippen molar-refractivity contribution in [3.05, 3.63) is 58.0 Å². The van der Waals surface area contributed by atoms with Crippen LogP contribution in [0.1, 0.15) is 42.0 Å². The standard InChI is InChI=1S/C20H19Cl2N5O4S/c1-11(18-25-20(31-2)26-27(18)17-6-3-13(21)10-23-17)24-19(28)12-7-14(22)9-16(8-12)32(29,30)15-4-5-15/h3,6-11,15H,4-5H2,1-2H3,(H,24,28)/t11-/m0/s1. The number of sulfone groups is 1. The molecule has 1 N–H and O–H groups in total. The Morgan fingerprint density at radius 3 is 2.59 bits per heavy atom. The van der Waals surface area contributed by atoms with Crippen molar-refractivity contribution < 1.29 is 17.9 Å². The van der Waals surface area contributed by atoms with E-state index < -0.39 is 27.0 Å². The van der Waals surface area contributed by atoms with Gasteiger partial charge in [0.1, 0.15) is 0 Å². The molecule has 2 aromatic heterocycles. The second-order valence-electron chi connectivity index (χ2n) is 7.32. The molecule has 1 fully saturated rings. The lowest BCUT2D eigenvalue weighted by molar-refractivity contribution is 0.0937. The van der Waals surface area contributed by atoms with Crippen molar-refractivity contribution in [2.75, 3.05) is 7.11 Å². The maximum absolute atomic E-state index is 12.9. The number of hydrogen-bond acceptors (Lipinski definition) is 7. The number of carbonyl (C=O) groups is 1. The van der Waals surface area contributed by atoms with E-state index in [1.54, 1.807) is 19.1 Å². The molecule has 12 heteroatoms. The third kappa shape index (κ3) is 4.57. The first kappa shape index (κ1) is 22.5. The van der Waals surface area contributed by atoms with E-state index >= 15 is 0 Å². The molecule has 4 rings (SSSR count). The molecule has 1 aromatic carbocycles. The molecule has 1 saturated carbocycles. The SMILES string of the molecule is COc1nc([C@H](C)NC(=O)c2cc(Cl)cc(S(=O)(=O)C3CC3)c2)n(-c2ccc(Cl)cn2)n1. The van der Waals surface area contributed by atoms with Gasteiger partial charge < -0.3 is 10.1 Å². The Morgan fingerprint density at radius 2 is 1.97 bits per heavy atom. The molecule has 2 heterocycles. The topological polar surface area (TPSA) is 116 Å². The van der Waals surface area contributed by atoms with Crippen LogP contribution in [0.2, 0.25) is 10.0 Å². The van der Waals surface area contributed by atoms with Crippen molar-refractivity contribution in [3.8, 4) is 11.8 Å². The number of benzene rings is 1. The van der Waals surface area contributed by atoms with Crippen molar-refractivity contribution in [3.63, 3.8) is 0 Å². The Kier molecular flexibility index (Phi) is 6.11. The summed E-state index contributed by atoms with van der Waals surface area (Å²) in [5, 5.41) is 7.26. The van der Waals surface area contributed by atoms with Crippen LogP contribution in [-0.2, 0) is 9.84 Å². The highest BCUT2D eigenvalue weighted by atomic mass is 35.5. The molecule has 0 saturated heterocycles. The molecule has 3 aromatic rings. The number of aromatic nitrogens is 4. The van der Waals surface area contributed by atoms with Crippen LogP contribution in [0, 0.1) is 0 Å². The molecule has 1 amide bonds. The van der Waals surface area contributed by atoms with Crippen LogP contribution >= 0.6 is 23.2 Å². The molecule has 0 radical (unpaired) electrons. The van der Waals surface area contributed by atoms with Crippen LogP contribution in [0.15, 0.2) is 41.4 Å². The van der Waals surface area contributed by atoms with E-state index in [0.29, 0.717) is 29.5 Å². The van der Waals surface area contributed by atoms with Gasteiger partial charge >= 0.3 is 6.01 Å². The third-order valence-corrected chi connectivity index (χ3v) is 7.57. The highest BCUT2D eigenvalue weighted by Crippen LogP contribution is 2.34. The molecule has 9 nitrogen and oxygen atoms in total. The van der Waals surface area contributed by atoms with E-state index in [4.69, 9.17) is 27.9 Å². The van der Waals surface area contributed by atoms with E-state index in [1.807, 2.05) is 0 Å². The molecule has 0 unspecified atom stereocenters. The van der Waals surface area contributed by atoms with Crippen molar-refractivity contribution in [1.29, 1.82) is 0 Å². The number of hydrogen-bond donors (Lipinski definition) is 1. The lowest BCUT2D eigenvalue weighted by Crippen LogP contribution is -2.29. The van der Waals surface area contributed by atoms with Crippen molar-refractivity contribution in [1.82, 2.24) is 25.1 Å². The number of carbonyl (C=O) groups excluding carboxylic acids is 1. The molecule has 0 bridgehead atoms. The maximum atomic E-state index is 12.9. The highest BCUT2D eigenvalue weighted by molar-refractivity contribution is 7.92. The van der Waals surface area contributed by atoms with Gasteiger partial charge in [0.05, 0.1) is 28.3 Å². The quantitative estimate of drug-likeness (QED) is 0.533. The van der Waals surface area contributed by atoms with Gasteiger partial charge in [-0.3, -0.25) is 4.79 Å². The minimum Gasteiger partial charge on any atom is -0.466 e. The largest absolute Gasteiger partial charge is 0.466 e. The number of nitrogens with one attached hydrogen (secondary N) is 1. The highest BCUT2D eigenvalue weighted by Gasteiger charge is 2.37. The van der Waals surface area contributed by atoms with E-state index in [-0.39, 0.29) is 21.5 Å². The summed E-state index contributed by atoms with van der Waals surface area (Å²) >= 11 is 12.0. The molecule has 1 aliphatic carbocycles. The molecule has 0 aliphatic heterocycles. The summed E-state index contributed by atoms with van der Waals surface area (Å²) in [7, 11) is -2.07. The van der Waals surface area contributed by atoms with Gasteiger partial charge in [-0.05, 0) is 50.1 Å². The molecule has 168 valence electrons. The lowest BCUT2D eigenvalue weighted by Gasteiger charge is -2.15. The van der Waals surface area contributed by atoms with Gasteiger partial charge in [-0.15, -0.1) is 5.10 Å². The summed E-state index contributed by atoms with van der Waals surface area (Å²) in [6.07, 6.45) is 2.69.